The number of aromatic hydroxyl groups is 18. The Morgan fingerprint density at radius 1 is 0.190 bits per heavy atom. The van der Waals surface area contributed by atoms with Crippen LogP contribution in [0.3, 0.4) is 0 Å². The molecule has 1 aliphatic carbocycles. The van der Waals surface area contributed by atoms with Crippen LogP contribution in [-0.2, 0) is 0 Å². The zero-order chi connectivity index (χ0) is 62.7. The monoisotopic (exact) mass is 1160 g/mol. The summed E-state index contributed by atoms with van der Waals surface area (Å²) in [4.78, 5) is 0. The van der Waals surface area contributed by atoms with Crippen molar-refractivity contribution in [2.45, 2.75) is 157 Å². The van der Waals surface area contributed by atoms with E-state index in [1.807, 2.05) is 0 Å². The quantitative estimate of drug-likeness (QED) is 0.0506. The van der Waals surface area contributed by atoms with E-state index in [2.05, 4.69) is 0 Å². The third-order valence-electron chi connectivity index (χ3n) is 19.1. The molecule has 84 heavy (non-hydrogen) atoms. The first-order valence-electron chi connectivity index (χ1n) is 29.1. The van der Waals surface area contributed by atoms with Gasteiger partial charge in [-0.3, -0.25) is 0 Å². The number of phenolic OH excluding ortho intramolecular Hbond substituents is 18. The van der Waals surface area contributed by atoms with Crippen LogP contribution in [0, 0.1) is 35.5 Å². The molecule has 0 saturated heterocycles. The maximum Gasteiger partial charge on any atom is 0.200 e. The Balaban J connectivity index is 1.80. The van der Waals surface area contributed by atoms with E-state index in [4.69, 9.17) is 0 Å². The fourth-order valence-electron chi connectivity index (χ4n) is 13.1. The topological polar surface area (TPSA) is 364 Å². The SMILES string of the molecule is CCC(C)C1c2cc(c(O)c(O)c2O)C(C(C)CC)c2cc(c(O)c(O)c2O)C(C(C)CC)c2cc(c(O)c(O)c2O)C(C(C)CC)c2cc(c(O)c(O)c2O)C(C(C)CC)c2cc(c(O)c(O)c2O)C(C(C)CC)c2cc1c(O)c(O)c2O. The summed E-state index contributed by atoms with van der Waals surface area (Å²) >= 11 is 0. The van der Waals surface area contributed by atoms with Crippen molar-refractivity contribution in [1.29, 1.82) is 0 Å². The van der Waals surface area contributed by atoms with E-state index in [0.29, 0.717) is 38.5 Å². The molecule has 0 aliphatic heterocycles. The van der Waals surface area contributed by atoms with Crippen LogP contribution in [0.15, 0.2) is 36.4 Å². The van der Waals surface area contributed by atoms with Crippen LogP contribution in [0.1, 0.15) is 224 Å². The molecule has 6 unspecified atom stereocenters. The van der Waals surface area contributed by atoms with Crippen molar-refractivity contribution >= 4 is 0 Å². The van der Waals surface area contributed by atoms with Crippen molar-refractivity contribution in [2.75, 3.05) is 0 Å². The fraction of sp³-hybridized carbons (Fsp3) is 0.455. The second-order valence-corrected chi connectivity index (χ2v) is 23.8. The van der Waals surface area contributed by atoms with E-state index in [0.717, 1.165) is 0 Å². The Labute approximate surface area is 489 Å². The number of benzene rings is 6. The smallest absolute Gasteiger partial charge is 0.200 e. The van der Waals surface area contributed by atoms with Gasteiger partial charge in [0.05, 0.1) is 0 Å². The Bertz CT molecular complexity index is 2720. The summed E-state index contributed by atoms with van der Waals surface area (Å²) in [5.41, 5.74) is -1.53. The van der Waals surface area contributed by atoms with Crippen molar-refractivity contribution in [3.05, 3.63) is 103 Å². The number of phenols is 18. The van der Waals surface area contributed by atoms with Gasteiger partial charge in [0, 0.05) is 102 Å². The maximum absolute atomic E-state index is 12.1. The van der Waals surface area contributed by atoms with E-state index in [1.165, 1.54) is 36.4 Å². The van der Waals surface area contributed by atoms with Crippen molar-refractivity contribution in [3.63, 3.8) is 0 Å². The highest BCUT2D eigenvalue weighted by Gasteiger charge is 2.42. The third kappa shape index (κ3) is 10.2. The summed E-state index contributed by atoms with van der Waals surface area (Å²) < 4.78 is 0. The van der Waals surface area contributed by atoms with Gasteiger partial charge in [0.15, 0.2) is 69.0 Å². The molecule has 0 spiro atoms. The molecule has 1 aliphatic rings. The third-order valence-corrected chi connectivity index (χ3v) is 19.1. The highest BCUT2D eigenvalue weighted by molar-refractivity contribution is 5.72. The number of fused-ring (bicyclic) bond motifs is 12. The Hall–Kier alpha value is -8.28. The predicted molar refractivity (Wildman–Crippen MR) is 316 cm³/mol. The average Bonchev–Trinajstić information content (AvgIpc) is 1.17. The first-order valence-corrected chi connectivity index (χ1v) is 29.1. The van der Waals surface area contributed by atoms with Crippen LogP contribution in [-0.4, -0.2) is 91.9 Å². The van der Waals surface area contributed by atoms with Crippen molar-refractivity contribution < 1.29 is 91.9 Å². The molecule has 0 heterocycles. The summed E-state index contributed by atoms with van der Waals surface area (Å²) in [7, 11) is 0. The second kappa shape index (κ2) is 24.1. The molecule has 6 aromatic rings. The van der Waals surface area contributed by atoms with E-state index in [9.17, 15) is 91.9 Å². The molecule has 7 rings (SSSR count). The highest BCUT2D eigenvalue weighted by atomic mass is 16.4. The highest BCUT2D eigenvalue weighted by Crippen LogP contribution is 2.62. The molecule has 0 aromatic heterocycles. The average molecular weight is 1170 g/mol. The summed E-state index contributed by atoms with van der Waals surface area (Å²) in [6, 6.07) is 8.13. The number of rotatable bonds is 12. The van der Waals surface area contributed by atoms with Gasteiger partial charge in [-0.15, -0.1) is 0 Å². The van der Waals surface area contributed by atoms with Crippen molar-refractivity contribution in [3.8, 4) is 103 Å². The van der Waals surface area contributed by atoms with Gasteiger partial charge in [-0.25, -0.2) is 0 Å². The minimum Gasteiger partial charge on any atom is -0.504 e. The minimum atomic E-state index is -1.25. The zero-order valence-electron chi connectivity index (χ0n) is 49.7. The first-order chi connectivity index (χ1) is 39.4. The van der Waals surface area contributed by atoms with Crippen molar-refractivity contribution in [2.24, 2.45) is 35.5 Å². The molecule has 6 aromatic carbocycles. The Morgan fingerprint density at radius 3 is 0.345 bits per heavy atom. The van der Waals surface area contributed by atoms with Gasteiger partial charge in [0.25, 0.3) is 0 Å². The van der Waals surface area contributed by atoms with E-state index in [-0.39, 0.29) is 66.8 Å². The lowest BCUT2D eigenvalue weighted by atomic mass is 9.71. The van der Waals surface area contributed by atoms with Gasteiger partial charge in [0.1, 0.15) is 0 Å². The van der Waals surface area contributed by atoms with Gasteiger partial charge >= 0.3 is 0 Å². The summed E-state index contributed by atoms with van der Waals surface area (Å²) in [6.07, 6.45) is 1.76. The summed E-state index contributed by atoms with van der Waals surface area (Å²) in [5, 5.41) is 217. The molecule has 0 radical (unpaired) electrons. The molecule has 18 N–H and O–H groups in total. The molecule has 18 nitrogen and oxygen atoms in total. The molecular formula is C66H84O18. The minimum absolute atomic E-state index is 0.128. The van der Waals surface area contributed by atoms with Gasteiger partial charge in [-0.1, -0.05) is 122 Å². The second-order valence-electron chi connectivity index (χ2n) is 23.8. The van der Waals surface area contributed by atoms with E-state index < -0.39 is 175 Å². The zero-order valence-corrected chi connectivity index (χ0v) is 49.7. The molecule has 6 atom stereocenters. The maximum atomic E-state index is 12.1. The Kier molecular flexibility index (Phi) is 18.2. The Morgan fingerprint density at radius 2 is 0.274 bits per heavy atom. The molecule has 18 heteroatoms. The van der Waals surface area contributed by atoms with E-state index >= 15 is 0 Å². The normalized spacial score (nSPS) is 20.3. The van der Waals surface area contributed by atoms with E-state index in [1.54, 1.807) is 83.1 Å². The van der Waals surface area contributed by atoms with Crippen LogP contribution in [0.2, 0.25) is 0 Å². The lowest BCUT2D eigenvalue weighted by Gasteiger charge is -2.34. The molecule has 0 fully saturated rings. The molecular weight excluding hydrogens is 1080 g/mol. The molecule has 0 amide bonds. The standard InChI is InChI=1S/C66H84O18/c1-13-25(7)43-31-19-33(51(69)61(79)49(31)67)44(26(8)14-2)35-21-37(55(73)63(81)53(35)71)46(28(10)16-4)39-23-41(59(77)65(83)57(39)75)48(30(12)18-6)42-24-40(58(76)66(84)60(42)78)47(29(11)17-5)38-22-36(54(72)64(82)56(38)74)45(27(9)15-3)34-20-32(43)50(68)62(80)52(34)70/h19-30,43-48,67-84H,13-18H2,1-12H3. The summed E-state index contributed by atoms with van der Waals surface area (Å²) in [6.45, 7) is 21.2. The lowest BCUT2D eigenvalue weighted by molar-refractivity contribution is 0.336. The van der Waals surface area contributed by atoms with Gasteiger partial charge in [-0.05, 0) is 71.9 Å². The number of hydrogen-bond acceptors (Lipinski definition) is 18. The molecule has 0 saturated carbocycles. The predicted octanol–water partition coefficient (Wildman–Crippen LogP) is 13.8. The molecule has 12 bridgehead atoms. The summed E-state index contributed by atoms with van der Waals surface area (Å²) in [5.74, 6) is -27.7. The van der Waals surface area contributed by atoms with Crippen LogP contribution < -0.4 is 0 Å². The lowest BCUT2D eigenvalue weighted by Crippen LogP contribution is -2.19. The van der Waals surface area contributed by atoms with Gasteiger partial charge in [-0.2, -0.15) is 0 Å². The fourth-order valence-corrected chi connectivity index (χ4v) is 13.1. The number of hydrogen-bond donors (Lipinski definition) is 18. The van der Waals surface area contributed by atoms with Crippen LogP contribution in [0.25, 0.3) is 0 Å². The van der Waals surface area contributed by atoms with Crippen LogP contribution in [0.4, 0.5) is 0 Å². The van der Waals surface area contributed by atoms with Gasteiger partial charge < -0.3 is 91.9 Å². The van der Waals surface area contributed by atoms with Crippen molar-refractivity contribution in [1.82, 2.24) is 0 Å². The largest absolute Gasteiger partial charge is 0.504 e. The first kappa shape index (κ1) is 63.3. The van der Waals surface area contributed by atoms with Crippen LogP contribution in [0.5, 0.6) is 103 Å². The van der Waals surface area contributed by atoms with Crippen LogP contribution >= 0.6 is 0 Å². The molecule has 456 valence electrons. The van der Waals surface area contributed by atoms with Gasteiger partial charge in [0.2, 0.25) is 34.5 Å².